The zero-order valence-corrected chi connectivity index (χ0v) is 17.9. The van der Waals surface area contributed by atoms with Crippen LogP contribution >= 0.6 is 0 Å². The second kappa shape index (κ2) is 9.46. The average Bonchev–Trinajstić information content (AvgIpc) is 2.77. The van der Waals surface area contributed by atoms with Crippen molar-refractivity contribution < 1.29 is 37.0 Å². The lowest BCUT2D eigenvalue weighted by Crippen LogP contribution is -2.21. The summed E-state index contributed by atoms with van der Waals surface area (Å²) in [6.45, 7) is 0. The molecule has 2 rings (SSSR count). The third kappa shape index (κ3) is 4.63. The summed E-state index contributed by atoms with van der Waals surface area (Å²) >= 11 is 0. The first kappa shape index (κ1) is 23.0. The van der Waals surface area contributed by atoms with Crippen LogP contribution < -0.4 is 24.2 Å². The number of carbonyl (C=O) groups excluding carboxylic acids is 2. The molecule has 0 heterocycles. The summed E-state index contributed by atoms with van der Waals surface area (Å²) < 4.78 is 46.9. The van der Waals surface area contributed by atoms with Crippen LogP contribution in [0.1, 0.15) is 20.7 Å². The number of rotatable bonds is 8. The van der Waals surface area contributed by atoms with Gasteiger partial charge in [-0.05, 0) is 25.2 Å². The second-order valence-electron chi connectivity index (χ2n) is 5.77. The fourth-order valence-electron chi connectivity index (χ4n) is 2.59. The van der Waals surface area contributed by atoms with Crippen LogP contribution in [0.3, 0.4) is 0 Å². The smallest absolute Gasteiger partial charge is 0.340 e. The molecule has 0 radical (unpaired) electrons. The van der Waals surface area contributed by atoms with Crippen LogP contribution in [-0.2, 0) is 14.8 Å². The molecule has 0 atom stereocenters. The molecule has 2 N–H and O–H groups in total. The van der Waals surface area contributed by atoms with Crippen LogP contribution in [0, 0.1) is 0 Å². The molecule has 0 aliphatic rings. The average molecular weight is 438 g/mol. The first-order valence-electron chi connectivity index (χ1n) is 8.49. The predicted molar refractivity (Wildman–Crippen MR) is 108 cm³/mol. The Bertz CT molecular complexity index is 1070. The van der Waals surface area contributed by atoms with E-state index in [-0.39, 0.29) is 39.0 Å². The number of hydrogen-bond acceptors (Lipinski definition) is 8. The summed E-state index contributed by atoms with van der Waals surface area (Å²) in [5.41, 5.74) is 0.147. The first-order chi connectivity index (χ1) is 14.2. The number of benzene rings is 2. The van der Waals surface area contributed by atoms with E-state index in [1.54, 1.807) is 0 Å². The third-order valence-electron chi connectivity index (χ3n) is 4.16. The van der Waals surface area contributed by atoms with Crippen molar-refractivity contribution in [3.05, 3.63) is 41.5 Å². The number of amides is 1. The van der Waals surface area contributed by atoms with Crippen molar-refractivity contribution in [2.45, 2.75) is 4.90 Å². The minimum absolute atomic E-state index is 0.0234. The fourth-order valence-corrected chi connectivity index (χ4v) is 3.51. The maximum Gasteiger partial charge on any atom is 0.340 e. The number of methoxy groups -OCH3 is 4. The van der Waals surface area contributed by atoms with Crippen LogP contribution in [0.2, 0.25) is 0 Å². The van der Waals surface area contributed by atoms with Crippen LogP contribution in [0.5, 0.6) is 17.2 Å². The number of esters is 1. The number of hydrogen-bond donors (Lipinski definition) is 2. The van der Waals surface area contributed by atoms with Gasteiger partial charge in [0.15, 0.2) is 11.5 Å². The SMILES string of the molecule is CNS(=O)(=O)c1cc(C(=O)Nc2cc(OC)c(OC)cc2C(=O)OC)ccc1OC. The van der Waals surface area contributed by atoms with E-state index in [2.05, 4.69) is 10.0 Å². The lowest BCUT2D eigenvalue weighted by Gasteiger charge is -2.15. The summed E-state index contributed by atoms with van der Waals surface area (Å²) in [6, 6.07) is 6.68. The van der Waals surface area contributed by atoms with Gasteiger partial charge in [-0.2, -0.15) is 0 Å². The van der Waals surface area contributed by atoms with Gasteiger partial charge in [0.25, 0.3) is 5.91 Å². The van der Waals surface area contributed by atoms with E-state index >= 15 is 0 Å². The Balaban J connectivity index is 2.52. The Hall–Kier alpha value is -3.31. The molecule has 1 amide bonds. The lowest BCUT2D eigenvalue weighted by molar-refractivity contribution is 0.0601. The second-order valence-corrected chi connectivity index (χ2v) is 7.63. The van der Waals surface area contributed by atoms with Crippen LogP contribution in [-0.4, -0.2) is 55.8 Å². The summed E-state index contributed by atoms with van der Waals surface area (Å²) in [5.74, 6) is -0.763. The Morgan fingerprint density at radius 1 is 0.867 bits per heavy atom. The van der Waals surface area contributed by atoms with Crippen molar-refractivity contribution in [3.63, 3.8) is 0 Å². The maximum absolute atomic E-state index is 12.8. The molecule has 0 aliphatic heterocycles. The molecule has 2 aromatic carbocycles. The molecule has 0 aromatic heterocycles. The van der Waals surface area contributed by atoms with Gasteiger partial charge in [0.05, 0.1) is 39.7 Å². The van der Waals surface area contributed by atoms with Gasteiger partial charge in [-0.25, -0.2) is 17.9 Å². The zero-order valence-electron chi connectivity index (χ0n) is 17.1. The van der Waals surface area contributed by atoms with Crippen molar-refractivity contribution in [1.82, 2.24) is 4.72 Å². The van der Waals surface area contributed by atoms with Gasteiger partial charge >= 0.3 is 5.97 Å². The molecule has 30 heavy (non-hydrogen) atoms. The number of carbonyl (C=O) groups is 2. The van der Waals surface area contributed by atoms with Crippen LogP contribution in [0.15, 0.2) is 35.2 Å². The van der Waals surface area contributed by atoms with E-state index in [0.29, 0.717) is 0 Å². The van der Waals surface area contributed by atoms with Crippen LogP contribution in [0.25, 0.3) is 0 Å². The molecule has 2 aromatic rings. The van der Waals surface area contributed by atoms with E-state index < -0.39 is 21.9 Å². The van der Waals surface area contributed by atoms with Gasteiger partial charge in [0, 0.05) is 17.7 Å². The number of sulfonamides is 1. The third-order valence-corrected chi connectivity index (χ3v) is 5.60. The van der Waals surface area contributed by atoms with Gasteiger partial charge in [0.1, 0.15) is 10.6 Å². The molecule has 0 spiro atoms. The molecule has 0 saturated heterocycles. The molecule has 0 saturated carbocycles. The number of ether oxygens (including phenoxy) is 4. The van der Waals surface area contributed by atoms with Crippen molar-refractivity contribution in [2.75, 3.05) is 40.8 Å². The lowest BCUT2D eigenvalue weighted by atomic mass is 10.1. The standard InChI is InChI=1S/C19H22N2O8S/c1-20-30(24,25)17-8-11(6-7-14(17)26-2)18(22)21-13-10-16(28-4)15(27-3)9-12(13)19(23)29-5/h6-10,20H,1-5H3,(H,21,22). The molecule has 11 heteroatoms. The molecule has 10 nitrogen and oxygen atoms in total. The Labute approximate surface area is 174 Å². The summed E-state index contributed by atoms with van der Waals surface area (Å²) in [6.07, 6.45) is 0. The van der Waals surface area contributed by atoms with Gasteiger partial charge in [-0.15, -0.1) is 0 Å². The highest BCUT2D eigenvalue weighted by molar-refractivity contribution is 7.89. The highest BCUT2D eigenvalue weighted by Crippen LogP contribution is 2.34. The monoisotopic (exact) mass is 438 g/mol. The van der Waals surface area contributed by atoms with Gasteiger partial charge < -0.3 is 24.3 Å². The Morgan fingerprint density at radius 3 is 2.00 bits per heavy atom. The van der Waals surface area contributed by atoms with Crippen molar-refractivity contribution in [1.29, 1.82) is 0 Å². The summed E-state index contributed by atoms with van der Waals surface area (Å²) in [4.78, 5) is 24.8. The molecular weight excluding hydrogens is 416 g/mol. The van der Waals surface area contributed by atoms with E-state index in [1.165, 1.54) is 65.8 Å². The molecule has 0 fully saturated rings. The normalized spacial score (nSPS) is 10.8. The van der Waals surface area contributed by atoms with Crippen molar-refractivity contribution in [3.8, 4) is 17.2 Å². The van der Waals surface area contributed by atoms with Gasteiger partial charge in [-0.3, -0.25) is 4.79 Å². The van der Waals surface area contributed by atoms with E-state index in [0.717, 1.165) is 0 Å². The highest BCUT2D eigenvalue weighted by Gasteiger charge is 2.23. The predicted octanol–water partition coefficient (Wildman–Crippen LogP) is 1.66. The fraction of sp³-hybridized carbons (Fsp3) is 0.263. The zero-order chi connectivity index (χ0) is 22.5. The molecule has 0 unspecified atom stereocenters. The van der Waals surface area contributed by atoms with E-state index in [9.17, 15) is 18.0 Å². The van der Waals surface area contributed by atoms with E-state index in [4.69, 9.17) is 18.9 Å². The van der Waals surface area contributed by atoms with E-state index in [1.807, 2.05) is 0 Å². The first-order valence-corrected chi connectivity index (χ1v) is 9.98. The molecule has 0 bridgehead atoms. The quantitative estimate of drug-likeness (QED) is 0.596. The molecule has 162 valence electrons. The van der Waals surface area contributed by atoms with Gasteiger partial charge in [0.2, 0.25) is 10.0 Å². The topological polar surface area (TPSA) is 129 Å². The van der Waals surface area contributed by atoms with Gasteiger partial charge in [-0.1, -0.05) is 0 Å². The number of nitrogens with one attached hydrogen (secondary N) is 2. The summed E-state index contributed by atoms with van der Waals surface area (Å²) in [7, 11) is 2.68. The Morgan fingerprint density at radius 2 is 1.47 bits per heavy atom. The molecule has 0 aliphatic carbocycles. The Kier molecular flexibility index (Phi) is 7.24. The number of anilines is 1. The minimum Gasteiger partial charge on any atom is -0.495 e. The van der Waals surface area contributed by atoms with Crippen molar-refractivity contribution >= 4 is 27.6 Å². The molecular formula is C19H22N2O8S. The largest absolute Gasteiger partial charge is 0.495 e. The minimum atomic E-state index is -3.88. The van der Waals surface area contributed by atoms with Crippen molar-refractivity contribution in [2.24, 2.45) is 0 Å². The van der Waals surface area contributed by atoms with Crippen LogP contribution in [0.4, 0.5) is 5.69 Å². The summed E-state index contributed by atoms with van der Waals surface area (Å²) in [5, 5.41) is 2.57. The highest BCUT2D eigenvalue weighted by atomic mass is 32.2. The maximum atomic E-state index is 12.8.